The Hall–Kier alpha value is -1.66. The minimum Gasteiger partial charge on any atom is -0.354 e. The summed E-state index contributed by atoms with van der Waals surface area (Å²) in [5, 5.41) is 12.0. The average Bonchev–Trinajstić information content (AvgIpc) is 2.63. The largest absolute Gasteiger partial charge is 0.354 e. The fourth-order valence-corrected chi connectivity index (χ4v) is 4.71. The van der Waals surface area contributed by atoms with Gasteiger partial charge in [0.15, 0.2) is 5.82 Å². The van der Waals surface area contributed by atoms with E-state index in [4.69, 9.17) is 0 Å². The predicted molar refractivity (Wildman–Crippen MR) is 94.9 cm³/mol. The second kappa shape index (κ2) is 7.07. The Labute approximate surface area is 145 Å². The second-order valence-corrected chi connectivity index (χ2v) is 7.54. The minimum absolute atomic E-state index is 0.145. The number of thioether (sulfide) groups is 1. The number of fused-ring (bicyclic) bond motifs is 1. The topological polar surface area (TPSA) is 41.0 Å². The van der Waals surface area contributed by atoms with Crippen molar-refractivity contribution in [3.8, 4) is 0 Å². The van der Waals surface area contributed by atoms with Crippen LogP contribution >= 0.6 is 11.8 Å². The van der Waals surface area contributed by atoms with Crippen LogP contribution in [0.5, 0.6) is 0 Å². The van der Waals surface area contributed by atoms with Crippen LogP contribution in [0.15, 0.2) is 41.4 Å². The van der Waals surface area contributed by atoms with Crippen LogP contribution in [0, 0.1) is 5.82 Å². The molecule has 0 aliphatic carbocycles. The molecule has 2 atom stereocenters. The van der Waals surface area contributed by atoms with Gasteiger partial charge in [-0.25, -0.2) is 4.39 Å². The number of aromatic nitrogens is 2. The molecule has 1 saturated heterocycles. The van der Waals surface area contributed by atoms with E-state index in [0.29, 0.717) is 6.04 Å². The fourth-order valence-electron chi connectivity index (χ4n) is 3.61. The Bertz CT molecular complexity index is 697. The standard InChI is InChI=1S/C18H21FN4S/c19-13-5-6-17-15(11-13)16(7-10-24-17)21-14-3-2-9-23(12-14)18-4-1-8-20-22-18/h1,4-6,8,11,14,16,21H,2-3,7,9-10,12H2/t14-,16-/m0/s1. The summed E-state index contributed by atoms with van der Waals surface area (Å²) in [6.07, 6.45) is 5.02. The van der Waals surface area contributed by atoms with Crippen molar-refractivity contribution in [2.45, 2.75) is 36.2 Å². The molecule has 2 aliphatic heterocycles. The lowest BCUT2D eigenvalue weighted by molar-refractivity contribution is 0.366. The second-order valence-electron chi connectivity index (χ2n) is 6.41. The highest BCUT2D eigenvalue weighted by Gasteiger charge is 2.27. The molecule has 0 unspecified atom stereocenters. The van der Waals surface area contributed by atoms with Gasteiger partial charge in [0.1, 0.15) is 5.82 Å². The van der Waals surface area contributed by atoms with Gasteiger partial charge in [0.2, 0.25) is 0 Å². The lowest BCUT2D eigenvalue weighted by atomic mass is 9.99. The van der Waals surface area contributed by atoms with Crippen molar-refractivity contribution in [3.63, 3.8) is 0 Å². The molecular weight excluding hydrogens is 323 g/mol. The molecule has 0 radical (unpaired) electrons. The molecule has 6 heteroatoms. The minimum atomic E-state index is -0.145. The van der Waals surface area contributed by atoms with Crippen molar-refractivity contribution in [2.24, 2.45) is 0 Å². The van der Waals surface area contributed by atoms with Gasteiger partial charge in [0, 0.05) is 36.3 Å². The number of rotatable bonds is 3. The number of halogens is 1. The molecule has 1 N–H and O–H groups in total. The summed E-state index contributed by atoms with van der Waals surface area (Å²) in [6.45, 7) is 1.94. The van der Waals surface area contributed by atoms with Crippen LogP contribution in [0.1, 0.15) is 30.9 Å². The van der Waals surface area contributed by atoms with Crippen molar-refractivity contribution >= 4 is 17.6 Å². The first-order valence-corrected chi connectivity index (χ1v) is 9.49. The third kappa shape index (κ3) is 3.39. The number of nitrogens with zero attached hydrogens (tertiary/aromatic N) is 3. The summed E-state index contributed by atoms with van der Waals surface area (Å²) in [7, 11) is 0. The highest BCUT2D eigenvalue weighted by molar-refractivity contribution is 7.99. The fraction of sp³-hybridized carbons (Fsp3) is 0.444. The molecule has 2 aromatic rings. The molecule has 0 bridgehead atoms. The van der Waals surface area contributed by atoms with Crippen molar-refractivity contribution in [3.05, 3.63) is 47.9 Å². The van der Waals surface area contributed by atoms with E-state index in [1.807, 2.05) is 30.0 Å². The van der Waals surface area contributed by atoms with Gasteiger partial charge in [-0.05, 0) is 60.9 Å². The van der Waals surface area contributed by atoms with Gasteiger partial charge >= 0.3 is 0 Å². The maximum atomic E-state index is 13.7. The van der Waals surface area contributed by atoms with Gasteiger partial charge in [-0.1, -0.05) is 0 Å². The summed E-state index contributed by atoms with van der Waals surface area (Å²) in [5.74, 6) is 1.87. The average molecular weight is 344 g/mol. The molecule has 4 nitrogen and oxygen atoms in total. The first-order valence-electron chi connectivity index (χ1n) is 8.50. The van der Waals surface area contributed by atoms with Gasteiger partial charge in [-0.15, -0.1) is 16.9 Å². The molecule has 3 heterocycles. The predicted octanol–water partition coefficient (Wildman–Crippen LogP) is 3.41. The van der Waals surface area contributed by atoms with Crippen LogP contribution in [0.3, 0.4) is 0 Å². The van der Waals surface area contributed by atoms with Crippen LogP contribution in [0.25, 0.3) is 0 Å². The quantitative estimate of drug-likeness (QED) is 0.924. The molecule has 0 saturated carbocycles. The highest BCUT2D eigenvalue weighted by atomic mass is 32.2. The Morgan fingerprint density at radius 1 is 1.25 bits per heavy atom. The van der Waals surface area contributed by atoms with E-state index >= 15 is 0 Å². The summed E-state index contributed by atoms with van der Waals surface area (Å²) < 4.78 is 13.7. The zero-order chi connectivity index (χ0) is 16.4. The van der Waals surface area contributed by atoms with E-state index in [9.17, 15) is 4.39 Å². The lowest BCUT2D eigenvalue weighted by Crippen LogP contribution is -2.47. The molecule has 0 spiro atoms. The first kappa shape index (κ1) is 15.8. The van der Waals surface area contributed by atoms with Gasteiger partial charge in [0.05, 0.1) is 0 Å². The number of hydrogen-bond acceptors (Lipinski definition) is 5. The van der Waals surface area contributed by atoms with Crippen molar-refractivity contribution < 1.29 is 4.39 Å². The van der Waals surface area contributed by atoms with E-state index in [-0.39, 0.29) is 11.9 Å². The third-order valence-electron chi connectivity index (χ3n) is 4.75. The zero-order valence-corrected chi connectivity index (χ0v) is 14.3. The van der Waals surface area contributed by atoms with Gasteiger partial charge in [-0.2, -0.15) is 5.10 Å². The van der Waals surface area contributed by atoms with E-state index in [1.54, 1.807) is 18.3 Å². The van der Waals surface area contributed by atoms with E-state index in [2.05, 4.69) is 20.4 Å². The number of anilines is 1. The van der Waals surface area contributed by atoms with Crippen LogP contribution in [-0.4, -0.2) is 35.1 Å². The smallest absolute Gasteiger partial charge is 0.151 e. The number of nitrogens with one attached hydrogen (secondary N) is 1. The maximum Gasteiger partial charge on any atom is 0.151 e. The lowest BCUT2D eigenvalue weighted by Gasteiger charge is -2.37. The Balaban J connectivity index is 1.47. The molecule has 4 rings (SSSR count). The Morgan fingerprint density at radius 2 is 2.21 bits per heavy atom. The summed E-state index contributed by atoms with van der Waals surface area (Å²) >= 11 is 1.83. The van der Waals surface area contributed by atoms with Crippen molar-refractivity contribution in [1.29, 1.82) is 0 Å². The van der Waals surface area contributed by atoms with Crippen molar-refractivity contribution in [2.75, 3.05) is 23.7 Å². The number of hydrogen-bond donors (Lipinski definition) is 1. The van der Waals surface area contributed by atoms with Crippen molar-refractivity contribution in [1.82, 2.24) is 15.5 Å². The van der Waals surface area contributed by atoms with E-state index in [1.165, 1.54) is 4.90 Å². The van der Waals surface area contributed by atoms with E-state index in [0.717, 1.165) is 49.5 Å². The van der Waals surface area contributed by atoms with Gasteiger partial charge in [0.25, 0.3) is 0 Å². The molecule has 1 fully saturated rings. The molecule has 24 heavy (non-hydrogen) atoms. The zero-order valence-electron chi connectivity index (χ0n) is 13.5. The first-order chi connectivity index (χ1) is 11.8. The summed E-state index contributed by atoms with van der Waals surface area (Å²) in [5.41, 5.74) is 1.11. The van der Waals surface area contributed by atoms with Crippen LogP contribution in [0.2, 0.25) is 0 Å². The molecule has 1 aromatic heterocycles. The van der Waals surface area contributed by atoms with Crippen LogP contribution < -0.4 is 10.2 Å². The van der Waals surface area contributed by atoms with E-state index < -0.39 is 0 Å². The normalized spacial score (nSPS) is 23.8. The summed E-state index contributed by atoms with van der Waals surface area (Å²) in [4.78, 5) is 3.50. The molecule has 0 amide bonds. The number of piperidine rings is 1. The molecular formula is C18H21FN4S. The maximum absolute atomic E-state index is 13.7. The molecule has 2 aliphatic rings. The summed E-state index contributed by atoms with van der Waals surface area (Å²) in [6, 6.07) is 9.74. The van der Waals surface area contributed by atoms with Crippen LogP contribution in [-0.2, 0) is 0 Å². The highest BCUT2D eigenvalue weighted by Crippen LogP contribution is 2.37. The number of benzene rings is 1. The Kier molecular flexibility index (Phi) is 4.67. The molecule has 1 aromatic carbocycles. The Morgan fingerprint density at radius 3 is 3.08 bits per heavy atom. The third-order valence-corrected chi connectivity index (χ3v) is 5.87. The molecule has 126 valence electrons. The monoisotopic (exact) mass is 344 g/mol. The van der Waals surface area contributed by atoms with Gasteiger partial charge < -0.3 is 10.2 Å². The van der Waals surface area contributed by atoms with Crippen LogP contribution in [0.4, 0.5) is 10.2 Å². The van der Waals surface area contributed by atoms with Gasteiger partial charge in [-0.3, -0.25) is 0 Å². The SMILES string of the molecule is Fc1ccc2c(c1)[C@@H](N[C@H]1CCCN(c3cccnn3)C1)CCS2.